The predicted octanol–water partition coefficient (Wildman–Crippen LogP) is 5.53. The van der Waals surface area contributed by atoms with Crippen molar-refractivity contribution in [3.63, 3.8) is 0 Å². The van der Waals surface area contributed by atoms with Crippen molar-refractivity contribution in [1.29, 1.82) is 0 Å². The van der Waals surface area contributed by atoms with Crippen molar-refractivity contribution >= 4 is 15.7 Å². The molecule has 0 saturated carbocycles. The van der Waals surface area contributed by atoms with Gasteiger partial charge in [0.25, 0.3) is 5.89 Å². The third-order valence-electron chi connectivity index (χ3n) is 6.17. The number of hydrogen-bond acceptors (Lipinski definition) is 6. The minimum Gasteiger partial charge on any atom is -0.459 e. The molecule has 1 aliphatic heterocycles. The maximum absolute atomic E-state index is 13.5. The van der Waals surface area contributed by atoms with Crippen LogP contribution in [0.15, 0.2) is 91.7 Å². The van der Waals surface area contributed by atoms with Crippen molar-refractivity contribution in [2.24, 2.45) is 5.92 Å². The van der Waals surface area contributed by atoms with Crippen LogP contribution in [-0.2, 0) is 16.3 Å². The second kappa shape index (κ2) is 8.90. The molecule has 5 rings (SSSR count). The van der Waals surface area contributed by atoms with Crippen LogP contribution in [-0.4, -0.2) is 26.5 Å². The molecule has 0 unspecified atom stereocenters. The summed E-state index contributed by atoms with van der Waals surface area (Å²) in [6.45, 7) is 3.34. The first-order valence-electron chi connectivity index (χ1n) is 11.2. The Bertz CT molecular complexity index is 1300. The molecule has 7 heteroatoms. The lowest BCUT2D eigenvalue weighted by atomic mass is 9.90. The molecule has 0 radical (unpaired) electrons. The second-order valence-corrected chi connectivity index (χ2v) is 10.4. The number of aryl methyl sites for hydroxylation is 1. The molecule has 1 aliphatic rings. The summed E-state index contributed by atoms with van der Waals surface area (Å²) in [5, 5.41) is -0.0562. The summed E-state index contributed by atoms with van der Waals surface area (Å²) in [5.41, 5.74) is 2.32. The number of rotatable bonds is 6. The highest BCUT2D eigenvalue weighted by Crippen LogP contribution is 2.37. The van der Waals surface area contributed by atoms with E-state index in [1.165, 1.54) is 11.8 Å². The van der Waals surface area contributed by atoms with E-state index in [0.717, 1.165) is 24.8 Å². The third-order valence-corrected chi connectivity index (χ3v) is 7.83. The molecular weight excluding hydrogens is 436 g/mol. The van der Waals surface area contributed by atoms with Crippen LogP contribution in [0.4, 0.5) is 5.88 Å². The van der Waals surface area contributed by atoms with Crippen molar-refractivity contribution < 1.29 is 17.3 Å². The van der Waals surface area contributed by atoms with Crippen LogP contribution in [0.25, 0.3) is 11.7 Å². The Morgan fingerprint density at radius 2 is 1.70 bits per heavy atom. The normalized spacial score (nSPS) is 15.1. The summed E-state index contributed by atoms with van der Waals surface area (Å²) >= 11 is 0. The van der Waals surface area contributed by atoms with Gasteiger partial charge in [-0.2, -0.15) is 4.98 Å². The molecule has 0 spiro atoms. The summed E-state index contributed by atoms with van der Waals surface area (Å²) < 4.78 is 38.5. The molecule has 2 aromatic heterocycles. The minimum absolute atomic E-state index is 0.0562. The van der Waals surface area contributed by atoms with Gasteiger partial charge in [0.2, 0.25) is 20.7 Å². The van der Waals surface area contributed by atoms with E-state index in [1.54, 1.807) is 36.4 Å². The van der Waals surface area contributed by atoms with Crippen LogP contribution in [0.3, 0.4) is 0 Å². The van der Waals surface area contributed by atoms with Crippen molar-refractivity contribution in [2.75, 3.05) is 18.0 Å². The van der Waals surface area contributed by atoms with Crippen molar-refractivity contribution in [3.05, 3.63) is 84.1 Å². The van der Waals surface area contributed by atoms with E-state index in [1.807, 2.05) is 17.9 Å². The van der Waals surface area contributed by atoms with Crippen molar-refractivity contribution in [2.45, 2.75) is 36.1 Å². The van der Waals surface area contributed by atoms with Crippen molar-refractivity contribution in [3.8, 4) is 11.7 Å². The van der Waals surface area contributed by atoms with E-state index in [2.05, 4.69) is 29.2 Å². The molecule has 0 amide bonds. The molecule has 170 valence electrons. The van der Waals surface area contributed by atoms with E-state index in [-0.39, 0.29) is 15.8 Å². The molecule has 1 fully saturated rings. The third kappa shape index (κ3) is 4.46. The molecule has 0 bridgehead atoms. The zero-order valence-electron chi connectivity index (χ0n) is 18.5. The van der Waals surface area contributed by atoms with Crippen LogP contribution < -0.4 is 4.90 Å². The van der Waals surface area contributed by atoms with Gasteiger partial charge in [-0.3, -0.25) is 0 Å². The summed E-state index contributed by atoms with van der Waals surface area (Å²) in [6.07, 6.45) is 4.45. The van der Waals surface area contributed by atoms with Gasteiger partial charge in [-0.1, -0.05) is 48.0 Å². The number of nitrogens with zero attached hydrogens (tertiary/aromatic N) is 2. The molecule has 6 nitrogen and oxygen atoms in total. The van der Waals surface area contributed by atoms with Gasteiger partial charge in [0.15, 0.2) is 5.76 Å². The van der Waals surface area contributed by atoms with E-state index in [0.29, 0.717) is 30.7 Å². The smallest absolute Gasteiger partial charge is 0.266 e. The van der Waals surface area contributed by atoms with E-state index in [4.69, 9.17) is 8.83 Å². The van der Waals surface area contributed by atoms with Gasteiger partial charge in [-0.15, -0.1) is 0 Å². The van der Waals surface area contributed by atoms with Gasteiger partial charge in [0.1, 0.15) is 0 Å². The fraction of sp³-hybridized carbons (Fsp3) is 0.269. The number of hydrogen-bond donors (Lipinski definition) is 0. The molecule has 0 N–H and O–H groups in total. The lowest BCUT2D eigenvalue weighted by Gasteiger charge is -2.32. The highest BCUT2D eigenvalue weighted by atomic mass is 32.2. The van der Waals surface area contributed by atoms with Crippen LogP contribution in [0.1, 0.15) is 24.0 Å². The highest BCUT2D eigenvalue weighted by molar-refractivity contribution is 7.91. The minimum atomic E-state index is -3.86. The Kier molecular flexibility index (Phi) is 5.81. The maximum atomic E-state index is 13.5. The first-order valence-corrected chi connectivity index (χ1v) is 12.6. The molecule has 4 aromatic rings. The Morgan fingerprint density at radius 1 is 0.970 bits per heavy atom. The first-order chi connectivity index (χ1) is 16.0. The second-order valence-electron chi connectivity index (χ2n) is 8.54. The number of oxazole rings is 1. The van der Waals surface area contributed by atoms with Gasteiger partial charge >= 0.3 is 0 Å². The molecule has 33 heavy (non-hydrogen) atoms. The number of piperidine rings is 1. The Hall–Kier alpha value is -3.32. The zero-order chi connectivity index (χ0) is 22.8. The van der Waals surface area contributed by atoms with E-state index >= 15 is 0 Å². The van der Waals surface area contributed by atoms with Crippen LogP contribution in [0.5, 0.6) is 0 Å². The molecule has 2 aromatic carbocycles. The number of aromatic nitrogens is 1. The predicted molar refractivity (Wildman–Crippen MR) is 126 cm³/mol. The Morgan fingerprint density at radius 3 is 2.36 bits per heavy atom. The standard InChI is InChI=1S/C26H26N2O4S/c1-19-9-11-22(12-10-19)33(29,30)25-26(32-24(27-25)23-8-5-17-31-23)28-15-13-21(14-16-28)18-20-6-3-2-4-7-20/h2-12,17,21H,13-16,18H2,1H3. The number of benzene rings is 2. The molecular formula is C26H26N2O4S. The van der Waals surface area contributed by atoms with E-state index in [9.17, 15) is 8.42 Å². The first kappa shape index (κ1) is 21.5. The molecule has 0 aliphatic carbocycles. The fourth-order valence-electron chi connectivity index (χ4n) is 4.30. The molecule has 3 heterocycles. The molecule has 1 saturated heterocycles. The largest absolute Gasteiger partial charge is 0.459 e. The van der Waals surface area contributed by atoms with Gasteiger partial charge in [0.05, 0.1) is 11.2 Å². The quantitative estimate of drug-likeness (QED) is 0.375. The van der Waals surface area contributed by atoms with Crippen LogP contribution in [0.2, 0.25) is 0 Å². The van der Waals surface area contributed by atoms with Crippen LogP contribution >= 0.6 is 0 Å². The summed E-state index contributed by atoms with van der Waals surface area (Å²) in [6, 6.07) is 20.7. The average molecular weight is 463 g/mol. The summed E-state index contributed by atoms with van der Waals surface area (Å²) in [4.78, 5) is 6.60. The fourth-order valence-corrected chi connectivity index (χ4v) is 5.62. The van der Waals surface area contributed by atoms with Gasteiger partial charge in [-0.05, 0) is 61.9 Å². The topological polar surface area (TPSA) is 76.5 Å². The van der Waals surface area contributed by atoms with Crippen LogP contribution in [0, 0.1) is 12.8 Å². The highest BCUT2D eigenvalue weighted by Gasteiger charge is 2.33. The monoisotopic (exact) mass is 462 g/mol. The van der Waals surface area contributed by atoms with Gasteiger partial charge in [0, 0.05) is 13.1 Å². The SMILES string of the molecule is Cc1ccc(S(=O)(=O)c2nc(-c3ccco3)oc2N2CCC(Cc3ccccc3)CC2)cc1. The number of furan rings is 1. The number of sulfone groups is 1. The van der Waals surface area contributed by atoms with Gasteiger partial charge < -0.3 is 13.7 Å². The van der Waals surface area contributed by atoms with Crippen molar-refractivity contribution in [1.82, 2.24) is 4.98 Å². The molecule has 0 atom stereocenters. The van der Waals surface area contributed by atoms with E-state index < -0.39 is 9.84 Å². The summed E-state index contributed by atoms with van der Waals surface area (Å²) in [5.74, 6) is 1.42. The van der Waals surface area contributed by atoms with Gasteiger partial charge in [-0.25, -0.2) is 8.42 Å². The lowest BCUT2D eigenvalue weighted by Crippen LogP contribution is -2.34. The summed E-state index contributed by atoms with van der Waals surface area (Å²) in [7, 11) is -3.86. The zero-order valence-corrected chi connectivity index (χ0v) is 19.3. The Labute approximate surface area is 193 Å². The number of anilines is 1. The average Bonchev–Trinajstić information content (AvgIpc) is 3.51. The maximum Gasteiger partial charge on any atom is 0.266 e. The lowest BCUT2D eigenvalue weighted by molar-refractivity contribution is 0.386. The Balaban J connectivity index is 1.44.